The first-order valence-corrected chi connectivity index (χ1v) is 7.26. The third kappa shape index (κ3) is 3.57. The van der Waals surface area contributed by atoms with E-state index in [0.717, 1.165) is 31.5 Å². The summed E-state index contributed by atoms with van der Waals surface area (Å²) in [5.41, 5.74) is 6.55. The summed E-state index contributed by atoms with van der Waals surface area (Å²) in [5.74, 6) is -0.131. The summed E-state index contributed by atoms with van der Waals surface area (Å²) in [6, 6.07) is 7.13. The highest BCUT2D eigenvalue weighted by molar-refractivity contribution is 5.76. The van der Waals surface area contributed by atoms with E-state index >= 15 is 0 Å². The molecule has 1 amide bonds. The van der Waals surface area contributed by atoms with Gasteiger partial charge < -0.3 is 5.73 Å². The molecule has 0 saturated carbocycles. The molecule has 1 saturated heterocycles. The topological polar surface area (TPSA) is 46.3 Å². The molecule has 1 aromatic carbocycles. The van der Waals surface area contributed by atoms with Crippen molar-refractivity contribution in [2.45, 2.75) is 38.6 Å². The highest BCUT2D eigenvalue weighted by Crippen LogP contribution is 2.25. The number of rotatable bonds is 4. The highest BCUT2D eigenvalue weighted by atomic mass is 19.1. The second-order valence-electron chi connectivity index (χ2n) is 5.93. The fourth-order valence-electron chi connectivity index (χ4n) is 2.91. The first-order valence-electron chi connectivity index (χ1n) is 7.26. The third-order valence-electron chi connectivity index (χ3n) is 4.36. The predicted octanol–water partition coefficient (Wildman–Crippen LogP) is 2.52. The Morgan fingerprint density at radius 1 is 1.40 bits per heavy atom. The Bertz CT molecular complexity index is 460. The van der Waals surface area contributed by atoms with E-state index in [1.54, 1.807) is 0 Å². The number of carbonyl (C=O) groups is 1. The fraction of sp³-hybridized carbons (Fsp3) is 0.562. The van der Waals surface area contributed by atoms with Gasteiger partial charge in [-0.1, -0.05) is 19.1 Å². The zero-order chi connectivity index (χ0) is 14.7. The highest BCUT2D eigenvalue weighted by Gasteiger charge is 2.29. The minimum Gasteiger partial charge on any atom is -0.369 e. The summed E-state index contributed by atoms with van der Waals surface area (Å²) >= 11 is 0. The van der Waals surface area contributed by atoms with Gasteiger partial charge in [0, 0.05) is 19.1 Å². The van der Waals surface area contributed by atoms with Crippen molar-refractivity contribution >= 4 is 5.91 Å². The Labute approximate surface area is 120 Å². The number of carbonyl (C=O) groups excluding carboxylic acids is 1. The van der Waals surface area contributed by atoms with Gasteiger partial charge in [0.2, 0.25) is 5.91 Å². The van der Waals surface area contributed by atoms with Crippen LogP contribution in [0.4, 0.5) is 4.39 Å². The van der Waals surface area contributed by atoms with E-state index in [9.17, 15) is 9.18 Å². The number of hydrogen-bond donors (Lipinski definition) is 1. The van der Waals surface area contributed by atoms with Crippen molar-refractivity contribution in [2.75, 3.05) is 13.1 Å². The molecule has 1 aromatic rings. The van der Waals surface area contributed by atoms with E-state index in [2.05, 4.69) is 18.7 Å². The molecule has 0 aromatic heterocycles. The zero-order valence-corrected chi connectivity index (χ0v) is 12.2. The molecule has 3 atom stereocenters. The molecule has 0 spiro atoms. The van der Waals surface area contributed by atoms with Gasteiger partial charge in [0.05, 0.1) is 5.92 Å². The first-order chi connectivity index (χ1) is 9.47. The molecule has 1 aliphatic heterocycles. The summed E-state index contributed by atoms with van der Waals surface area (Å²) < 4.78 is 12.9. The molecule has 20 heavy (non-hydrogen) atoms. The number of benzene rings is 1. The van der Waals surface area contributed by atoms with E-state index in [1.807, 2.05) is 12.1 Å². The Morgan fingerprint density at radius 3 is 2.65 bits per heavy atom. The molecule has 2 N–H and O–H groups in total. The Kier molecular flexibility index (Phi) is 4.76. The van der Waals surface area contributed by atoms with Crippen molar-refractivity contribution in [1.29, 1.82) is 0 Å². The lowest BCUT2D eigenvalue weighted by atomic mass is 9.91. The van der Waals surface area contributed by atoms with Crippen LogP contribution in [0.2, 0.25) is 0 Å². The number of amides is 1. The van der Waals surface area contributed by atoms with Gasteiger partial charge in [0.15, 0.2) is 0 Å². The third-order valence-corrected chi connectivity index (χ3v) is 4.36. The monoisotopic (exact) mass is 278 g/mol. The van der Waals surface area contributed by atoms with Crippen LogP contribution in [0.15, 0.2) is 24.3 Å². The molecule has 0 aliphatic carbocycles. The lowest BCUT2D eigenvalue weighted by molar-refractivity contribution is -0.124. The van der Waals surface area contributed by atoms with Crippen molar-refractivity contribution in [3.8, 4) is 0 Å². The molecular formula is C16H23FN2O. The van der Waals surface area contributed by atoms with Gasteiger partial charge in [0.25, 0.3) is 0 Å². The number of halogens is 1. The van der Waals surface area contributed by atoms with Gasteiger partial charge in [-0.3, -0.25) is 9.69 Å². The minimum absolute atomic E-state index is 0.0355. The second-order valence-corrected chi connectivity index (χ2v) is 5.93. The molecule has 0 unspecified atom stereocenters. The van der Waals surface area contributed by atoms with Gasteiger partial charge in [-0.2, -0.15) is 0 Å². The van der Waals surface area contributed by atoms with Crippen molar-refractivity contribution in [3.05, 3.63) is 35.6 Å². The molecule has 3 nitrogen and oxygen atoms in total. The number of primary amides is 1. The molecule has 110 valence electrons. The second kappa shape index (κ2) is 6.35. The van der Waals surface area contributed by atoms with E-state index < -0.39 is 0 Å². The fourth-order valence-corrected chi connectivity index (χ4v) is 2.91. The molecule has 4 heteroatoms. The van der Waals surface area contributed by atoms with Crippen molar-refractivity contribution < 1.29 is 9.18 Å². The van der Waals surface area contributed by atoms with Gasteiger partial charge >= 0.3 is 0 Å². The Morgan fingerprint density at radius 2 is 2.05 bits per heavy atom. The molecule has 0 bridgehead atoms. The zero-order valence-electron chi connectivity index (χ0n) is 12.2. The molecule has 1 aliphatic rings. The summed E-state index contributed by atoms with van der Waals surface area (Å²) in [6.45, 7) is 5.93. The number of nitrogens with two attached hydrogens (primary N) is 1. The van der Waals surface area contributed by atoms with Crippen molar-refractivity contribution in [2.24, 2.45) is 11.7 Å². The quantitative estimate of drug-likeness (QED) is 0.920. The average Bonchev–Trinajstić information content (AvgIpc) is 2.41. The van der Waals surface area contributed by atoms with Crippen LogP contribution in [0.25, 0.3) is 0 Å². The predicted molar refractivity (Wildman–Crippen MR) is 77.8 cm³/mol. The van der Waals surface area contributed by atoms with Crippen LogP contribution in [0, 0.1) is 11.7 Å². The minimum atomic E-state index is -0.207. The van der Waals surface area contributed by atoms with Gasteiger partial charge in [-0.15, -0.1) is 0 Å². The number of nitrogens with zero attached hydrogens (tertiary/aromatic N) is 1. The van der Waals surface area contributed by atoms with E-state index in [4.69, 9.17) is 5.73 Å². The molecule has 1 heterocycles. The summed E-state index contributed by atoms with van der Waals surface area (Å²) in [5, 5.41) is 0. The van der Waals surface area contributed by atoms with Crippen LogP contribution in [-0.2, 0) is 4.79 Å². The number of likely N-dealkylation sites (tertiary alicyclic amines) is 1. The first kappa shape index (κ1) is 15.0. The lowest BCUT2D eigenvalue weighted by Crippen LogP contribution is -2.46. The summed E-state index contributed by atoms with van der Waals surface area (Å²) in [6.07, 6.45) is 1.89. The summed E-state index contributed by atoms with van der Waals surface area (Å²) in [4.78, 5) is 13.7. The largest absolute Gasteiger partial charge is 0.369 e. The van der Waals surface area contributed by atoms with Crippen molar-refractivity contribution in [1.82, 2.24) is 4.90 Å². The van der Waals surface area contributed by atoms with E-state index in [1.165, 1.54) is 12.1 Å². The van der Waals surface area contributed by atoms with Crippen LogP contribution in [0.5, 0.6) is 0 Å². The van der Waals surface area contributed by atoms with Crippen LogP contribution in [0.1, 0.15) is 38.2 Å². The van der Waals surface area contributed by atoms with Crippen LogP contribution < -0.4 is 5.73 Å². The maximum absolute atomic E-state index is 12.9. The van der Waals surface area contributed by atoms with Gasteiger partial charge in [-0.05, 0) is 43.4 Å². The van der Waals surface area contributed by atoms with Gasteiger partial charge in [0.1, 0.15) is 5.82 Å². The normalized spacial score (nSPS) is 25.4. The average molecular weight is 278 g/mol. The maximum Gasteiger partial charge on any atom is 0.221 e. The lowest BCUT2D eigenvalue weighted by Gasteiger charge is -2.38. The standard InChI is InChI=1S/C16H23FN2O/c1-11(13-5-7-15(17)8-6-13)9-19-10-14(16(18)20)4-3-12(19)2/h5-8,11-12,14H,3-4,9-10H2,1-2H3,(H2,18,20)/t11-,12-,14+/m1/s1. The van der Waals surface area contributed by atoms with Crippen LogP contribution >= 0.6 is 0 Å². The van der Waals surface area contributed by atoms with Crippen LogP contribution in [-0.4, -0.2) is 29.9 Å². The number of hydrogen-bond acceptors (Lipinski definition) is 2. The Balaban J connectivity index is 2.00. The van der Waals surface area contributed by atoms with Crippen molar-refractivity contribution in [3.63, 3.8) is 0 Å². The maximum atomic E-state index is 12.9. The van der Waals surface area contributed by atoms with E-state index in [-0.39, 0.29) is 17.6 Å². The molecule has 0 radical (unpaired) electrons. The van der Waals surface area contributed by atoms with E-state index in [0.29, 0.717) is 12.0 Å². The SMILES string of the molecule is C[C@H](CN1C[C@@H](C(N)=O)CC[C@H]1C)c1ccc(F)cc1. The molecule has 1 fully saturated rings. The number of piperidine rings is 1. The van der Waals surface area contributed by atoms with Gasteiger partial charge in [-0.25, -0.2) is 4.39 Å². The molecular weight excluding hydrogens is 255 g/mol. The smallest absolute Gasteiger partial charge is 0.221 e. The summed E-state index contributed by atoms with van der Waals surface area (Å²) in [7, 11) is 0. The van der Waals surface area contributed by atoms with Crippen LogP contribution in [0.3, 0.4) is 0 Å². The Hall–Kier alpha value is -1.42. The molecule has 2 rings (SSSR count).